The van der Waals surface area contributed by atoms with Crippen LogP contribution in [0.15, 0.2) is 91.0 Å². The van der Waals surface area contributed by atoms with Crippen LogP contribution in [0.3, 0.4) is 0 Å². The summed E-state index contributed by atoms with van der Waals surface area (Å²) in [6.45, 7) is 3.20. The van der Waals surface area contributed by atoms with E-state index in [0.717, 1.165) is 48.1 Å². The van der Waals surface area contributed by atoms with Crippen molar-refractivity contribution in [3.63, 3.8) is 0 Å². The second kappa shape index (κ2) is 9.70. The zero-order valence-corrected chi connectivity index (χ0v) is 19.1. The van der Waals surface area contributed by atoms with Crippen LogP contribution in [0, 0.1) is 5.92 Å². The molecule has 0 spiro atoms. The van der Waals surface area contributed by atoms with Crippen molar-refractivity contribution in [2.24, 2.45) is 11.7 Å². The smallest absolute Gasteiger partial charge is 0.233 e. The van der Waals surface area contributed by atoms with Gasteiger partial charge < -0.3 is 10.2 Å². The van der Waals surface area contributed by atoms with Crippen molar-refractivity contribution in [2.75, 3.05) is 26.7 Å². The minimum Gasteiger partial charge on any atom is -0.369 e. The highest BCUT2D eigenvalue weighted by molar-refractivity contribution is 5.91. The van der Waals surface area contributed by atoms with Gasteiger partial charge in [0.1, 0.15) is 5.41 Å². The number of rotatable bonds is 9. The van der Waals surface area contributed by atoms with Crippen molar-refractivity contribution in [2.45, 2.75) is 31.1 Å². The van der Waals surface area contributed by atoms with E-state index in [1.54, 1.807) is 0 Å². The summed E-state index contributed by atoms with van der Waals surface area (Å²) in [5.41, 5.74) is 8.90. The first kappa shape index (κ1) is 22.3. The van der Waals surface area contributed by atoms with Gasteiger partial charge in [0, 0.05) is 12.3 Å². The molecule has 4 rings (SSSR count). The third-order valence-electron chi connectivity index (χ3n) is 7.39. The number of benzene rings is 3. The van der Waals surface area contributed by atoms with E-state index in [1.165, 1.54) is 18.4 Å². The highest BCUT2D eigenvalue weighted by atomic mass is 16.1. The summed E-state index contributed by atoms with van der Waals surface area (Å²) >= 11 is 0. The standard InChI is InChI=1S/C29H34N2O/c1-31(21-12-11-15-24-13-5-2-6-14-24)22-20-27(23-31)29(28(30)32,25-16-7-3-8-17-25)26-18-9-4-10-19-26/h2-10,13-14,16-19,27H,11-12,15,20-23H2,1H3,(H-,30,32)/p+1/t27?,31-/m0/s1. The number of carbonyl (C=O) groups excluding carboxylic acids is 1. The van der Waals surface area contributed by atoms with Gasteiger partial charge in [-0.05, 0) is 36.0 Å². The van der Waals surface area contributed by atoms with Gasteiger partial charge in [0.25, 0.3) is 0 Å². The molecule has 3 aromatic carbocycles. The van der Waals surface area contributed by atoms with E-state index < -0.39 is 5.41 Å². The molecule has 3 heteroatoms. The van der Waals surface area contributed by atoms with Crippen molar-refractivity contribution in [3.05, 3.63) is 108 Å². The van der Waals surface area contributed by atoms with Gasteiger partial charge in [0.15, 0.2) is 0 Å². The number of hydrogen-bond acceptors (Lipinski definition) is 1. The van der Waals surface area contributed by atoms with Gasteiger partial charge in [-0.15, -0.1) is 0 Å². The molecule has 0 aromatic heterocycles. The van der Waals surface area contributed by atoms with E-state index in [1.807, 2.05) is 36.4 Å². The van der Waals surface area contributed by atoms with E-state index in [0.29, 0.717) is 0 Å². The van der Waals surface area contributed by atoms with Gasteiger partial charge in [-0.2, -0.15) is 0 Å². The highest BCUT2D eigenvalue weighted by Gasteiger charge is 2.53. The molecule has 3 nitrogen and oxygen atoms in total. The first-order chi connectivity index (χ1) is 15.5. The summed E-state index contributed by atoms with van der Waals surface area (Å²) < 4.78 is 1.01. The van der Waals surface area contributed by atoms with Crippen LogP contribution >= 0.6 is 0 Å². The monoisotopic (exact) mass is 427 g/mol. The van der Waals surface area contributed by atoms with E-state index in [2.05, 4.69) is 61.6 Å². The molecule has 32 heavy (non-hydrogen) atoms. The number of aryl methyl sites for hydroxylation is 1. The van der Waals surface area contributed by atoms with Crippen LogP contribution in [-0.2, 0) is 16.6 Å². The molecule has 1 heterocycles. The summed E-state index contributed by atoms with van der Waals surface area (Å²) in [6, 6.07) is 31.1. The van der Waals surface area contributed by atoms with E-state index in [9.17, 15) is 4.79 Å². The quantitative estimate of drug-likeness (QED) is 0.381. The summed E-state index contributed by atoms with van der Waals surface area (Å²) in [5.74, 6) is -0.0543. The minimum absolute atomic E-state index is 0.184. The number of primary amides is 1. The van der Waals surface area contributed by atoms with Crippen molar-refractivity contribution >= 4 is 5.91 Å². The molecule has 0 bridgehead atoms. The molecule has 1 saturated heterocycles. The number of quaternary nitrogens is 1. The number of likely N-dealkylation sites (tertiary alicyclic amines) is 1. The van der Waals surface area contributed by atoms with Crippen LogP contribution in [0.25, 0.3) is 0 Å². The van der Waals surface area contributed by atoms with Crippen LogP contribution in [-0.4, -0.2) is 37.1 Å². The van der Waals surface area contributed by atoms with E-state index in [4.69, 9.17) is 5.73 Å². The fourth-order valence-electron chi connectivity index (χ4n) is 5.73. The Balaban J connectivity index is 1.54. The molecule has 1 fully saturated rings. The van der Waals surface area contributed by atoms with Gasteiger partial charge in [-0.1, -0.05) is 91.0 Å². The Labute approximate surface area is 192 Å². The molecule has 0 aliphatic carbocycles. The van der Waals surface area contributed by atoms with Gasteiger partial charge in [0.05, 0.1) is 26.7 Å². The predicted octanol–water partition coefficient (Wildman–Crippen LogP) is 4.95. The first-order valence-corrected chi connectivity index (χ1v) is 11.8. The Kier molecular flexibility index (Phi) is 6.76. The lowest BCUT2D eigenvalue weighted by molar-refractivity contribution is -0.899. The summed E-state index contributed by atoms with van der Waals surface area (Å²) in [6.07, 6.45) is 4.52. The largest absolute Gasteiger partial charge is 0.369 e. The van der Waals surface area contributed by atoms with Gasteiger partial charge in [-0.3, -0.25) is 4.79 Å². The van der Waals surface area contributed by atoms with Crippen molar-refractivity contribution < 1.29 is 9.28 Å². The fraction of sp³-hybridized carbons (Fsp3) is 0.345. The third kappa shape index (κ3) is 4.49. The Morgan fingerprint density at radius 1 is 0.875 bits per heavy atom. The first-order valence-electron chi connectivity index (χ1n) is 11.8. The predicted molar refractivity (Wildman–Crippen MR) is 131 cm³/mol. The molecule has 2 atom stereocenters. The molecular formula is C29H35N2O+. The molecule has 0 saturated carbocycles. The Bertz CT molecular complexity index is 964. The zero-order valence-electron chi connectivity index (χ0n) is 19.1. The fourth-order valence-corrected chi connectivity index (χ4v) is 5.73. The third-order valence-corrected chi connectivity index (χ3v) is 7.39. The highest BCUT2D eigenvalue weighted by Crippen LogP contribution is 2.45. The molecule has 3 aromatic rings. The summed E-state index contributed by atoms with van der Waals surface area (Å²) in [7, 11) is 2.35. The van der Waals surface area contributed by atoms with Gasteiger partial charge in [-0.25, -0.2) is 0 Å². The Morgan fingerprint density at radius 2 is 1.41 bits per heavy atom. The lowest BCUT2D eigenvalue weighted by Gasteiger charge is -2.38. The Morgan fingerprint density at radius 3 is 1.94 bits per heavy atom. The zero-order chi connectivity index (χ0) is 22.4. The average Bonchev–Trinajstić information content (AvgIpc) is 3.21. The van der Waals surface area contributed by atoms with Crippen LogP contribution in [0.2, 0.25) is 0 Å². The molecule has 2 N–H and O–H groups in total. The number of nitrogens with two attached hydrogens (primary N) is 1. The maximum atomic E-state index is 13.3. The second-order valence-corrected chi connectivity index (χ2v) is 9.58. The SMILES string of the molecule is C[N@+]1(CCCCc2ccccc2)CCC(C(C(N)=O)(c2ccccc2)c2ccccc2)C1. The maximum absolute atomic E-state index is 13.3. The molecule has 1 aliphatic rings. The summed E-state index contributed by atoms with van der Waals surface area (Å²) in [5, 5.41) is 0. The van der Waals surface area contributed by atoms with Gasteiger partial charge >= 0.3 is 0 Å². The number of unbranched alkanes of at least 4 members (excludes halogenated alkanes) is 1. The van der Waals surface area contributed by atoms with Crippen LogP contribution in [0.5, 0.6) is 0 Å². The number of carbonyl (C=O) groups is 1. The number of nitrogens with zero attached hydrogens (tertiary/aromatic N) is 1. The maximum Gasteiger partial charge on any atom is 0.233 e. The molecule has 0 radical (unpaired) electrons. The Hall–Kier alpha value is -2.91. The number of hydrogen-bond donors (Lipinski definition) is 1. The van der Waals surface area contributed by atoms with Crippen molar-refractivity contribution in [1.82, 2.24) is 0 Å². The summed E-state index contributed by atoms with van der Waals surface area (Å²) in [4.78, 5) is 13.3. The van der Waals surface area contributed by atoms with E-state index in [-0.39, 0.29) is 11.8 Å². The number of amides is 1. The molecule has 166 valence electrons. The van der Waals surface area contributed by atoms with Crippen LogP contribution in [0.1, 0.15) is 36.0 Å². The van der Waals surface area contributed by atoms with Gasteiger partial charge in [0.2, 0.25) is 5.91 Å². The molecule has 1 amide bonds. The normalized spacial score (nSPS) is 20.8. The van der Waals surface area contributed by atoms with Crippen molar-refractivity contribution in [3.8, 4) is 0 Å². The molecule has 1 unspecified atom stereocenters. The minimum atomic E-state index is -0.789. The van der Waals surface area contributed by atoms with Crippen LogP contribution < -0.4 is 5.73 Å². The molecular weight excluding hydrogens is 392 g/mol. The van der Waals surface area contributed by atoms with Crippen molar-refractivity contribution in [1.29, 1.82) is 0 Å². The lowest BCUT2D eigenvalue weighted by atomic mass is 9.64. The van der Waals surface area contributed by atoms with Crippen LogP contribution in [0.4, 0.5) is 0 Å². The topological polar surface area (TPSA) is 43.1 Å². The van der Waals surface area contributed by atoms with E-state index >= 15 is 0 Å². The lowest BCUT2D eigenvalue weighted by Crippen LogP contribution is -2.51. The second-order valence-electron chi connectivity index (χ2n) is 9.58. The average molecular weight is 428 g/mol. The molecule has 1 aliphatic heterocycles.